The lowest BCUT2D eigenvalue weighted by atomic mass is 10.1. The molecule has 0 amide bonds. The minimum atomic E-state index is 0.681. The van der Waals surface area contributed by atoms with Gasteiger partial charge in [0.05, 0.1) is 78.6 Å². The summed E-state index contributed by atoms with van der Waals surface area (Å²) in [6.07, 6.45) is 9.12. The predicted molar refractivity (Wildman–Crippen MR) is 555 cm³/mol. The van der Waals surface area contributed by atoms with Crippen LogP contribution in [0, 0.1) is 34.6 Å². The Morgan fingerprint density at radius 2 is 0.481 bits per heavy atom. The maximum Gasteiger partial charge on any atom is 0.227 e. The van der Waals surface area contributed by atoms with Gasteiger partial charge in [-0.05, 0) is 221 Å². The molecule has 0 saturated carbocycles. The van der Waals surface area contributed by atoms with Crippen LogP contribution in [0.4, 0.5) is 0 Å². The first-order valence-corrected chi connectivity index (χ1v) is 45.5. The third kappa shape index (κ3) is 12.7. The predicted octanol–water partition coefficient (Wildman–Crippen LogP) is 32.5. The number of para-hydroxylation sites is 11. The number of hydrogen-bond donors (Lipinski definition) is 0. The van der Waals surface area contributed by atoms with Crippen molar-refractivity contribution in [2.75, 3.05) is 0 Å². The van der Waals surface area contributed by atoms with Crippen LogP contribution in [-0.4, -0.2) is 42.8 Å². The zero-order valence-electron chi connectivity index (χ0n) is 74.2. The second-order valence-electron chi connectivity index (χ2n) is 35.1. The van der Waals surface area contributed by atoms with Crippen molar-refractivity contribution in [3.63, 3.8) is 0 Å². The molecule has 14 nitrogen and oxygen atoms in total. The topological polar surface area (TPSA) is 142 Å². The minimum absolute atomic E-state index is 0.681. The van der Waals surface area contributed by atoms with E-state index in [1.165, 1.54) is 131 Å². The first-order chi connectivity index (χ1) is 66.5. The number of fused-ring (bicyclic) bond motifs is 30. The van der Waals surface area contributed by atoms with Gasteiger partial charge in [-0.25, -0.2) is 15.0 Å². The quantitative estimate of drug-likeness (QED) is 0.165. The van der Waals surface area contributed by atoms with Gasteiger partial charge in [-0.3, -0.25) is 4.98 Å². The van der Waals surface area contributed by atoms with Crippen LogP contribution >= 0.6 is 0 Å². The van der Waals surface area contributed by atoms with E-state index in [4.69, 9.17) is 22.1 Å². The highest BCUT2D eigenvalue weighted by Gasteiger charge is 2.24. The molecule has 14 heterocycles. The van der Waals surface area contributed by atoms with Crippen molar-refractivity contribution >= 4 is 219 Å². The van der Waals surface area contributed by atoms with E-state index in [1.807, 2.05) is 55.0 Å². The van der Waals surface area contributed by atoms with Crippen molar-refractivity contribution in [3.8, 4) is 28.4 Å². The lowest BCUT2D eigenvalue weighted by molar-refractivity contribution is 0.651. The molecule has 0 saturated heterocycles. The molecule has 0 radical (unpaired) electrons. The summed E-state index contributed by atoms with van der Waals surface area (Å²) in [5.41, 5.74) is 31.9. The van der Waals surface area contributed by atoms with Gasteiger partial charge >= 0.3 is 0 Å². The molecule has 0 N–H and O–H groups in total. The van der Waals surface area contributed by atoms with E-state index in [1.54, 1.807) is 12.4 Å². The number of benzene rings is 16. The number of pyridine rings is 4. The van der Waals surface area contributed by atoms with Gasteiger partial charge < -0.3 is 44.9 Å². The molecule has 135 heavy (non-hydrogen) atoms. The van der Waals surface area contributed by atoms with E-state index < -0.39 is 0 Å². The molecule has 16 aromatic carbocycles. The summed E-state index contributed by atoms with van der Waals surface area (Å²) in [5.74, 6) is 0. The minimum Gasteiger partial charge on any atom is -0.456 e. The van der Waals surface area contributed by atoms with Gasteiger partial charge in [0.2, 0.25) is 17.1 Å². The van der Waals surface area contributed by atoms with Gasteiger partial charge in [-0.1, -0.05) is 212 Å². The number of rotatable bonds is 5. The molecule has 0 atom stereocenters. The van der Waals surface area contributed by atoms with E-state index in [0.29, 0.717) is 17.1 Å². The Bertz CT molecular complexity index is 9050. The third-order valence-corrected chi connectivity index (χ3v) is 26.8. The lowest BCUT2D eigenvalue weighted by Gasteiger charge is -2.09. The fraction of sp³-hybridized carbons (Fsp3) is 0.0413. The van der Waals surface area contributed by atoms with E-state index in [2.05, 4.69) is 411 Å². The van der Waals surface area contributed by atoms with E-state index in [-0.39, 0.29) is 0 Å². The Morgan fingerprint density at radius 3 is 0.926 bits per heavy atom. The number of aromatic nitrogens is 9. The first-order valence-electron chi connectivity index (χ1n) is 45.5. The van der Waals surface area contributed by atoms with E-state index in [0.717, 1.165) is 127 Å². The highest BCUT2D eigenvalue weighted by atomic mass is 16.4. The van der Waals surface area contributed by atoms with Crippen molar-refractivity contribution in [1.29, 1.82) is 0 Å². The van der Waals surface area contributed by atoms with Crippen LogP contribution < -0.4 is 0 Å². The molecule has 14 aromatic heterocycles. The highest BCUT2D eigenvalue weighted by molar-refractivity contribution is 6.17. The number of furan rings is 5. The standard InChI is InChI=1S/C25H17NO.4C24H16N2O/c1-16-14-17(15-21-20-10-4-7-13-24(20)27-25(16)21)26-22-11-5-2-8-18(22)19-9-3-6-12-23(19)26;1-15-13-16(14-20-19-9-6-12-25-24(19)27-23(15)20)26-21-10-4-2-7-17(21)18-8-3-5-11-22(18)26;1-15-12-16(13-20-19-10-11-25-14-23(19)27-24(15)20)26-21-8-4-2-6-17(21)18-7-3-5-9-22(18)26;1-15-12-20-19-13-16(10-11-23(19)27-24(20)25-14-15)26-21-8-4-2-6-17(21)18-7-3-5-9-22(18)26;1-15-10-11-23-19(12-15)20-13-16(14-25-24(20)27-23)26-21-8-4-2-6-17(21)18-7-3-5-9-22(18)26/h2-15H,1H3;4*2-14H,1H3. The van der Waals surface area contributed by atoms with Crippen LogP contribution in [0.5, 0.6) is 0 Å². The first kappa shape index (κ1) is 78.2. The molecule has 0 unspecified atom stereocenters. The van der Waals surface area contributed by atoms with Gasteiger partial charge in [0.15, 0.2) is 5.58 Å². The summed E-state index contributed by atoms with van der Waals surface area (Å²) < 4.78 is 41.7. The van der Waals surface area contributed by atoms with Gasteiger partial charge in [-0.15, -0.1) is 0 Å². The van der Waals surface area contributed by atoms with Crippen LogP contribution in [0.1, 0.15) is 27.8 Å². The molecule has 14 heteroatoms. The maximum atomic E-state index is 6.12. The summed E-state index contributed by atoms with van der Waals surface area (Å²) >= 11 is 0. The molecule has 0 bridgehead atoms. The van der Waals surface area contributed by atoms with Crippen molar-refractivity contribution in [2.24, 2.45) is 0 Å². The van der Waals surface area contributed by atoms with Crippen molar-refractivity contribution in [2.45, 2.75) is 34.6 Å². The Hall–Kier alpha value is -17.9. The molecule has 30 aromatic rings. The normalized spacial score (nSPS) is 11.9. The van der Waals surface area contributed by atoms with Crippen molar-refractivity contribution in [1.82, 2.24) is 42.8 Å². The summed E-state index contributed by atoms with van der Waals surface area (Å²) in [6.45, 7) is 10.5. The second kappa shape index (κ2) is 31.2. The van der Waals surface area contributed by atoms with Gasteiger partial charge in [0, 0.05) is 144 Å². The number of hydrogen-bond acceptors (Lipinski definition) is 9. The summed E-state index contributed by atoms with van der Waals surface area (Å²) in [7, 11) is 0. The highest BCUT2D eigenvalue weighted by Crippen LogP contribution is 2.44. The van der Waals surface area contributed by atoms with Crippen molar-refractivity contribution < 1.29 is 22.1 Å². The molecule has 640 valence electrons. The van der Waals surface area contributed by atoms with Gasteiger partial charge in [-0.2, -0.15) is 0 Å². The SMILES string of the molecule is Cc1cc(-n2c3ccccc3c3ccccc32)cc2c1oc1ccccc12.Cc1cc(-n2c3ccccc3c3ccccc32)cc2c1oc1cnccc12.Cc1cc(-n2c3ccccc3c3ccccc32)cc2c1oc1ncccc12.Cc1ccc2oc3ncc(-n4c5ccccc5c5ccccc54)cc3c2c1.Cc1cnc2oc3ccc(-n4c5ccccc5c5ccccc54)cc3c2c1. The summed E-state index contributed by atoms with van der Waals surface area (Å²) in [4.78, 5) is 17.6. The van der Waals surface area contributed by atoms with Crippen LogP contribution in [0.15, 0.2) is 423 Å². The van der Waals surface area contributed by atoms with Gasteiger partial charge in [0.1, 0.15) is 33.5 Å². The third-order valence-electron chi connectivity index (χ3n) is 26.8. The second-order valence-corrected chi connectivity index (χ2v) is 35.1. The Balaban J connectivity index is 0.0000000878. The fourth-order valence-electron chi connectivity index (χ4n) is 20.9. The Labute approximate surface area is 770 Å². The van der Waals surface area contributed by atoms with E-state index >= 15 is 0 Å². The average molecular weight is 1740 g/mol. The largest absolute Gasteiger partial charge is 0.456 e. The molecule has 0 fully saturated rings. The van der Waals surface area contributed by atoms with Crippen LogP contribution in [0.25, 0.3) is 248 Å². The lowest BCUT2D eigenvalue weighted by Crippen LogP contribution is -1.94. The molecule has 30 rings (SSSR count). The average Bonchev–Trinajstić information content (AvgIpc) is 1.58. The van der Waals surface area contributed by atoms with Crippen molar-refractivity contribution in [3.05, 3.63) is 429 Å². The number of nitrogens with zero attached hydrogens (tertiary/aromatic N) is 9. The van der Waals surface area contributed by atoms with Crippen LogP contribution in [0.2, 0.25) is 0 Å². The Kier molecular flexibility index (Phi) is 18.1. The van der Waals surface area contributed by atoms with Crippen LogP contribution in [0.3, 0.4) is 0 Å². The fourth-order valence-corrected chi connectivity index (χ4v) is 20.9. The Morgan fingerprint density at radius 1 is 0.178 bits per heavy atom. The molecule has 0 spiro atoms. The molecular weight excluding hydrogens is 1660 g/mol. The molecular formula is C121H81N9O5. The number of aryl methyl sites for hydroxylation is 5. The maximum absolute atomic E-state index is 6.12. The van der Waals surface area contributed by atoms with Crippen LogP contribution in [-0.2, 0) is 0 Å². The zero-order valence-corrected chi connectivity index (χ0v) is 74.2. The smallest absolute Gasteiger partial charge is 0.227 e. The summed E-state index contributed by atoms with van der Waals surface area (Å²) in [5, 5.41) is 23.7. The monoisotopic (exact) mass is 1740 g/mol. The van der Waals surface area contributed by atoms with E-state index in [9.17, 15) is 0 Å². The van der Waals surface area contributed by atoms with Gasteiger partial charge in [0.25, 0.3) is 0 Å². The molecule has 0 aliphatic carbocycles. The molecule has 0 aliphatic rings. The summed E-state index contributed by atoms with van der Waals surface area (Å²) in [6, 6.07) is 130. The molecule has 0 aliphatic heterocycles. The zero-order chi connectivity index (χ0) is 89.8.